The van der Waals surface area contributed by atoms with Crippen LogP contribution in [-0.2, 0) is 0 Å². The molecular formula is C26H23N3O4S. The van der Waals surface area contributed by atoms with Crippen molar-refractivity contribution in [3.05, 3.63) is 89.3 Å². The molecule has 0 saturated carbocycles. The van der Waals surface area contributed by atoms with Crippen LogP contribution in [0.3, 0.4) is 0 Å². The number of aromatic nitrogens is 1. The Morgan fingerprint density at radius 3 is 2.62 bits per heavy atom. The average molecular weight is 474 g/mol. The van der Waals surface area contributed by atoms with Crippen molar-refractivity contribution >= 4 is 28.7 Å². The summed E-state index contributed by atoms with van der Waals surface area (Å²) in [5.74, 6) is 0.669. The van der Waals surface area contributed by atoms with E-state index in [1.54, 1.807) is 48.7 Å². The van der Waals surface area contributed by atoms with E-state index < -0.39 is 5.97 Å². The van der Waals surface area contributed by atoms with Gasteiger partial charge in [-0.3, -0.25) is 5.43 Å². The first kappa shape index (κ1) is 23.0. The molecule has 3 aromatic carbocycles. The first-order valence-electron chi connectivity index (χ1n) is 10.6. The van der Waals surface area contributed by atoms with E-state index in [1.807, 2.05) is 42.6 Å². The molecule has 1 N–H and O–H groups in total. The van der Waals surface area contributed by atoms with Gasteiger partial charge in [0.2, 0.25) is 5.13 Å². The molecule has 0 bridgehead atoms. The van der Waals surface area contributed by atoms with Crippen LogP contribution < -0.4 is 19.6 Å². The highest BCUT2D eigenvalue weighted by atomic mass is 32.1. The SMILES string of the molecule is CCOc1cc(/C=N\Nc2nc(-c3ccccc3)cs2)ccc1OC(=O)c1ccccc1OC. The number of hydrazone groups is 1. The molecule has 0 aliphatic carbocycles. The fraction of sp³-hybridized carbons (Fsp3) is 0.115. The van der Waals surface area contributed by atoms with E-state index >= 15 is 0 Å². The minimum Gasteiger partial charge on any atom is -0.496 e. The molecule has 0 radical (unpaired) electrons. The van der Waals surface area contributed by atoms with Crippen molar-refractivity contribution in [2.24, 2.45) is 5.10 Å². The lowest BCUT2D eigenvalue weighted by atomic mass is 10.2. The quantitative estimate of drug-likeness (QED) is 0.141. The fourth-order valence-corrected chi connectivity index (χ4v) is 3.82. The van der Waals surface area contributed by atoms with Gasteiger partial charge < -0.3 is 14.2 Å². The minimum absolute atomic E-state index is 0.315. The molecule has 4 rings (SSSR count). The van der Waals surface area contributed by atoms with Gasteiger partial charge >= 0.3 is 5.97 Å². The third-order valence-electron chi connectivity index (χ3n) is 4.74. The Bertz CT molecular complexity index is 1290. The normalized spacial score (nSPS) is 10.8. The highest BCUT2D eigenvalue weighted by Crippen LogP contribution is 2.30. The number of ether oxygens (including phenoxy) is 3. The van der Waals surface area contributed by atoms with E-state index in [1.165, 1.54) is 18.4 Å². The Kier molecular flexibility index (Phi) is 7.52. The maximum absolute atomic E-state index is 12.7. The smallest absolute Gasteiger partial charge is 0.347 e. The molecule has 172 valence electrons. The molecule has 4 aromatic rings. The number of carbonyl (C=O) groups excluding carboxylic acids is 1. The molecule has 0 amide bonds. The Balaban J connectivity index is 1.45. The summed E-state index contributed by atoms with van der Waals surface area (Å²) < 4.78 is 16.5. The van der Waals surface area contributed by atoms with Gasteiger partial charge in [-0.15, -0.1) is 11.3 Å². The summed E-state index contributed by atoms with van der Waals surface area (Å²) in [6, 6.07) is 22.1. The number of carbonyl (C=O) groups is 1. The molecule has 1 aromatic heterocycles. The molecule has 1 heterocycles. The number of benzene rings is 3. The Labute approximate surface area is 201 Å². The second-order valence-electron chi connectivity index (χ2n) is 7.00. The second-order valence-corrected chi connectivity index (χ2v) is 7.86. The highest BCUT2D eigenvalue weighted by molar-refractivity contribution is 7.14. The number of para-hydroxylation sites is 1. The Morgan fingerprint density at radius 1 is 1.03 bits per heavy atom. The van der Waals surface area contributed by atoms with Gasteiger partial charge in [0.05, 0.1) is 25.6 Å². The molecule has 0 fully saturated rings. The number of hydrogen-bond acceptors (Lipinski definition) is 8. The summed E-state index contributed by atoms with van der Waals surface area (Å²) in [4.78, 5) is 17.2. The van der Waals surface area contributed by atoms with Gasteiger partial charge in [-0.25, -0.2) is 9.78 Å². The van der Waals surface area contributed by atoms with Crippen LogP contribution in [0.1, 0.15) is 22.8 Å². The molecule has 0 atom stereocenters. The van der Waals surface area contributed by atoms with Gasteiger partial charge in [0, 0.05) is 10.9 Å². The first-order chi connectivity index (χ1) is 16.7. The average Bonchev–Trinajstić information content (AvgIpc) is 3.35. The number of rotatable bonds is 9. The number of nitrogens with zero attached hydrogens (tertiary/aromatic N) is 2. The van der Waals surface area contributed by atoms with Crippen LogP contribution in [0.4, 0.5) is 5.13 Å². The van der Waals surface area contributed by atoms with Crippen molar-refractivity contribution in [1.29, 1.82) is 0 Å². The van der Waals surface area contributed by atoms with Crippen molar-refractivity contribution < 1.29 is 19.0 Å². The molecule has 0 aliphatic heterocycles. The van der Waals surface area contributed by atoms with Crippen LogP contribution in [0.2, 0.25) is 0 Å². The van der Waals surface area contributed by atoms with Crippen molar-refractivity contribution in [3.63, 3.8) is 0 Å². The maximum Gasteiger partial charge on any atom is 0.347 e. The van der Waals surface area contributed by atoms with Crippen LogP contribution in [-0.4, -0.2) is 30.9 Å². The minimum atomic E-state index is -0.528. The Morgan fingerprint density at radius 2 is 1.82 bits per heavy atom. The zero-order chi connectivity index (χ0) is 23.8. The lowest BCUT2D eigenvalue weighted by molar-refractivity contribution is 0.0725. The maximum atomic E-state index is 12.7. The van der Waals surface area contributed by atoms with Gasteiger partial charge in [0.1, 0.15) is 11.3 Å². The lowest BCUT2D eigenvalue weighted by Gasteiger charge is -2.12. The van der Waals surface area contributed by atoms with Gasteiger partial charge in [0.25, 0.3) is 0 Å². The predicted octanol–water partition coefficient (Wildman–Crippen LogP) is 5.88. The molecule has 0 spiro atoms. The summed E-state index contributed by atoms with van der Waals surface area (Å²) in [7, 11) is 1.51. The van der Waals surface area contributed by atoms with E-state index in [4.69, 9.17) is 14.2 Å². The molecule has 0 saturated heterocycles. The topological polar surface area (TPSA) is 82.0 Å². The van der Waals surface area contributed by atoms with Gasteiger partial charge in [-0.2, -0.15) is 5.10 Å². The monoisotopic (exact) mass is 473 g/mol. The summed E-state index contributed by atoms with van der Waals surface area (Å²) in [6.45, 7) is 2.28. The lowest BCUT2D eigenvalue weighted by Crippen LogP contribution is -2.11. The van der Waals surface area contributed by atoms with Crippen molar-refractivity contribution in [2.75, 3.05) is 19.1 Å². The summed E-state index contributed by atoms with van der Waals surface area (Å²) in [6.07, 6.45) is 1.65. The van der Waals surface area contributed by atoms with Crippen LogP contribution >= 0.6 is 11.3 Å². The van der Waals surface area contributed by atoms with Gasteiger partial charge in [0.15, 0.2) is 11.5 Å². The van der Waals surface area contributed by atoms with Crippen molar-refractivity contribution in [2.45, 2.75) is 6.92 Å². The zero-order valence-corrected chi connectivity index (χ0v) is 19.5. The third kappa shape index (κ3) is 5.60. The van der Waals surface area contributed by atoms with E-state index in [-0.39, 0.29) is 0 Å². The second kappa shape index (κ2) is 11.1. The van der Waals surface area contributed by atoms with Crippen LogP contribution in [0.25, 0.3) is 11.3 Å². The predicted molar refractivity (Wildman–Crippen MR) is 134 cm³/mol. The summed E-state index contributed by atoms with van der Waals surface area (Å²) in [5, 5.41) is 6.93. The number of hydrogen-bond donors (Lipinski definition) is 1. The molecule has 8 heteroatoms. The van der Waals surface area contributed by atoms with E-state index in [0.717, 1.165) is 16.8 Å². The molecule has 0 unspecified atom stereocenters. The fourth-order valence-electron chi connectivity index (χ4n) is 3.15. The van der Waals surface area contributed by atoms with E-state index in [2.05, 4.69) is 15.5 Å². The number of methoxy groups -OCH3 is 1. The molecule has 0 aliphatic rings. The van der Waals surface area contributed by atoms with Gasteiger partial charge in [-0.1, -0.05) is 42.5 Å². The highest BCUT2D eigenvalue weighted by Gasteiger charge is 2.16. The first-order valence-corrected chi connectivity index (χ1v) is 11.5. The number of anilines is 1. The molecule has 34 heavy (non-hydrogen) atoms. The Hall–Kier alpha value is -4.17. The van der Waals surface area contributed by atoms with E-state index in [9.17, 15) is 4.79 Å². The van der Waals surface area contributed by atoms with E-state index in [0.29, 0.717) is 34.6 Å². The zero-order valence-electron chi connectivity index (χ0n) is 18.7. The largest absolute Gasteiger partial charge is 0.496 e. The number of thiazole rings is 1. The molecular weight excluding hydrogens is 450 g/mol. The van der Waals surface area contributed by atoms with Crippen molar-refractivity contribution in [3.8, 4) is 28.5 Å². The number of nitrogens with one attached hydrogen (secondary N) is 1. The van der Waals surface area contributed by atoms with Crippen LogP contribution in [0.5, 0.6) is 17.2 Å². The summed E-state index contributed by atoms with van der Waals surface area (Å²) in [5.41, 5.74) is 6.00. The standard InChI is InChI=1S/C26H23N3O4S/c1-3-32-24-15-18(13-14-23(24)33-25(30)20-11-7-8-12-22(20)31-2)16-27-29-26-28-21(17-34-26)19-9-5-4-6-10-19/h4-17H,3H2,1-2H3,(H,28,29)/b27-16-. The van der Waals surface area contributed by atoms with Crippen LogP contribution in [0, 0.1) is 0 Å². The molecule has 7 nitrogen and oxygen atoms in total. The summed E-state index contributed by atoms with van der Waals surface area (Å²) >= 11 is 1.47. The van der Waals surface area contributed by atoms with Gasteiger partial charge in [-0.05, 0) is 42.8 Å². The van der Waals surface area contributed by atoms with Crippen molar-refractivity contribution in [1.82, 2.24) is 4.98 Å². The van der Waals surface area contributed by atoms with Crippen LogP contribution in [0.15, 0.2) is 83.3 Å². The third-order valence-corrected chi connectivity index (χ3v) is 5.49. The number of esters is 1.